The lowest BCUT2D eigenvalue weighted by Crippen LogP contribution is -1.97. The van der Waals surface area contributed by atoms with Gasteiger partial charge in [-0.1, -0.05) is 15.9 Å². The van der Waals surface area contributed by atoms with Crippen molar-refractivity contribution in [2.24, 2.45) is 7.05 Å². The van der Waals surface area contributed by atoms with Crippen molar-refractivity contribution in [1.29, 1.82) is 0 Å². The Hall–Kier alpha value is -1.62. The van der Waals surface area contributed by atoms with E-state index in [-0.39, 0.29) is 5.56 Å². The molecule has 0 aliphatic carbocycles. The highest BCUT2D eigenvalue weighted by atomic mass is 79.9. The highest BCUT2D eigenvalue weighted by Gasteiger charge is 2.14. The molecule has 18 heavy (non-hydrogen) atoms. The van der Waals surface area contributed by atoms with Gasteiger partial charge in [0.2, 0.25) is 0 Å². The van der Waals surface area contributed by atoms with E-state index in [4.69, 9.17) is 5.11 Å². The second kappa shape index (κ2) is 4.57. The average molecular weight is 309 g/mol. The molecule has 0 amide bonds. The predicted octanol–water partition coefficient (Wildman–Crippen LogP) is 3.16. The van der Waals surface area contributed by atoms with Gasteiger partial charge in [-0.25, -0.2) is 4.79 Å². The van der Waals surface area contributed by atoms with Crippen LogP contribution < -0.4 is 0 Å². The van der Waals surface area contributed by atoms with E-state index in [1.54, 1.807) is 16.8 Å². The van der Waals surface area contributed by atoms with Crippen molar-refractivity contribution in [2.45, 2.75) is 13.8 Å². The highest BCUT2D eigenvalue weighted by molar-refractivity contribution is 9.10. The molecule has 1 aromatic heterocycles. The van der Waals surface area contributed by atoms with E-state index in [9.17, 15) is 4.79 Å². The lowest BCUT2D eigenvalue weighted by atomic mass is 10.0. The van der Waals surface area contributed by atoms with E-state index >= 15 is 0 Å². The van der Waals surface area contributed by atoms with E-state index in [2.05, 4.69) is 21.0 Å². The van der Waals surface area contributed by atoms with E-state index in [0.29, 0.717) is 0 Å². The average Bonchev–Trinajstić information content (AvgIpc) is 2.52. The minimum absolute atomic E-state index is 0.266. The Labute approximate surface area is 113 Å². The van der Waals surface area contributed by atoms with Gasteiger partial charge in [-0.2, -0.15) is 5.10 Å². The van der Waals surface area contributed by atoms with E-state index in [0.717, 1.165) is 27.0 Å². The van der Waals surface area contributed by atoms with Crippen LogP contribution in [0.15, 0.2) is 22.7 Å². The standard InChI is InChI=1S/C13H13BrN2O2/c1-7-12(8(2)16(3)15-7)9-4-10(13(17)18)6-11(14)5-9/h4-6H,1-3H3,(H,17,18). The molecule has 0 spiro atoms. The number of nitrogens with zero attached hydrogens (tertiary/aromatic N) is 2. The van der Waals surface area contributed by atoms with Gasteiger partial charge in [0.25, 0.3) is 0 Å². The van der Waals surface area contributed by atoms with Crippen LogP contribution in [0.4, 0.5) is 0 Å². The predicted molar refractivity (Wildman–Crippen MR) is 72.8 cm³/mol. The third-order valence-corrected chi connectivity index (χ3v) is 3.40. The number of hydrogen-bond donors (Lipinski definition) is 1. The van der Waals surface area contributed by atoms with E-state index in [1.165, 1.54) is 0 Å². The maximum atomic E-state index is 11.1. The zero-order valence-corrected chi connectivity index (χ0v) is 11.9. The number of carboxylic acid groups (broad SMARTS) is 1. The number of hydrogen-bond acceptors (Lipinski definition) is 2. The SMILES string of the molecule is Cc1nn(C)c(C)c1-c1cc(Br)cc(C(=O)O)c1. The minimum atomic E-state index is -0.934. The number of aromatic nitrogens is 2. The smallest absolute Gasteiger partial charge is 0.335 e. The van der Waals surface area contributed by atoms with Crippen molar-refractivity contribution >= 4 is 21.9 Å². The van der Waals surface area contributed by atoms with Gasteiger partial charge in [0, 0.05) is 22.8 Å². The Morgan fingerprint density at radius 1 is 1.33 bits per heavy atom. The molecule has 5 heteroatoms. The number of aryl methyl sites for hydroxylation is 2. The second-order valence-corrected chi connectivity index (χ2v) is 5.12. The molecule has 0 radical (unpaired) electrons. The molecule has 94 valence electrons. The molecule has 0 saturated carbocycles. The minimum Gasteiger partial charge on any atom is -0.478 e. The Morgan fingerprint density at radius 3 is 2.50 bits per heavy atom. The van der Waals surface area contributed by atoms with Gasteiger partial charge >= 0.3 is 5.97 Å². The number of carbonyl (C=O) groups is 1. The first kappa shape index (κ1) is 12.8. The van der Waals surface area contributed by atoms with Crippen LogP contribution in [0.5, 0.6) is 0 Å². The van der Waals surface area contributed by atoms with Gasteiger partial charge < -0.3 is 5.11 Å². The van der Waals surface area contributed by atoms with Crippen LogP contribution in [0.1, 0.15) is 21.7 Å². The molecule has 1 heterocycles. The summed E-state index contributed by atoms with van der Waals surface area (Å²) >= 11 is 3.34. The van der Waals surface area contributed by atoms with Crippen molar-refractivity contribution < 1.29 is 9.90 Å². The van der Waals surface area contributed by atoms with Crippen molar-refractivity contribution in [1.82, 2.24) is 9.78 Å². The molecule has 1 N–H and O–H groups in total. The number of aromatic carboxylic acids is 1. The zero-order chi connectivity index (χ0) is 13.4. The third-order valence-electron chi connectivity index (χ3n) is 2.94. The molecular formula is C13H13BrN2O2. The summed E-state index contributed by atoms with van der Waals surface area (Å²) in [5, 5.41) is 13.4. The molecular weight excluding hydrogens is 296 g/mol. The Morgan fingerprint density at radius 2 is 2.00 bits per heavy atom. The molecule has 0 bridgehead atoms. The van der Waals surface area contributed by atoms with Crippen molar-refractivity contribution in [3.05, 3.63) is 39.6 Å². The quantitative estimate of drug-likeness (QED) is 0.927. The fraction of sp³-hybridized carbons (Fsp3) is 0.231. The van der Waals surface area contributed by atoms with Crippen LogP contribution >= 0.6 is 15.9 Å². The Bertz CT molecular complexity index is 632. The fourth-order valence-corrected chi connectivity index (χ4v) is 2.54. The summed E-state index contributed by atoms with van der Waals surface area (Å²) in [5.74, 6) is -0.934. The van der Waals surface area contributed by atoms with E-state index < -0.39 is 5.97 Å². The molecule has 1 aromatic carbocycles. The van der Waals surface area contributed by atoms with Crippen LogP contribution in [0.3, 0.4) is 0 Å². The molecule has 0 aliphatic heterocycles. The van der Waals surface area contributed by atoms with Gasteiger partial charge in [-0.05, 0) is 37.6 Å². The molecule has 0 atom stereocenters. The van der Waals surface area contributed by atoms with Crippen LogP contribution in [-0.4, -0.2) is 20.9 Å². The van der Waals surface area contributed by atoms with E-state index in [1.807, 2.05) is 27.0 Å². The number of carboxylic acids is 1. The maximum Gasteiger partial charge on any atom is 0.335 e. The Kier molecular flexibility index (Phi) is 3.26. The van der Waals surface area contributed by atoms with Crippen LogP contribution in [0.25, 0.3) is 11.1 Å². The van der Waals surface area contributed by atoms with Crippen molar-refractivity contribution in [3.8, 4) is 11.1 Å². The number of halogens is 1. The zero-order valence-electron chi connectivity index (χ0n) is 10.4. The van der Waals surface area contributed by atoms with Gasteiger partial charge in [0.1, 0.15) is 0 Å². The molecule has 2 rings (SSSR count). The molecule has 2 aromatic rings. The summed E-state index contributed by atoms with van der Waals surface area (Å²) in [5.41, 5.74) is 4.03. The third kappa shape index (κ3) is 2.18. The monoisotopic (exact) mass is 308 g/mol. The summed E-state index contributed by atoms with van der Waals surface area (Å²) in [6, 6.07) is 5.17. The summed E-state index contributed by atoms with van der Waals surface area (Å²) in [6.45, 7) is 3.89. The van der Waals surface area contributed by atoms with Crippen molar-refractivity contribution in [2.75, 3.05) is 0 Å². The molecule has 0 aliphatic rings. The summed E-state index contributed by atoms with van der Waals surface area (Å²) in [7, 11) is 1.88. The summed E-state index contributed by atoms with van der Waals surface area (Å²) in [6.07, 6.45) is 0. The summed E-state index contributed by atoms with van der Waals surface area (Å²) < 4.78 is 2.55. The largest absolute Gasteiger partial charge is 0.478 e. The van der Waals surface area contributed by atoms with Crippen LogP contribution in [0.2, 0.25) is 0 Å². The summed E-state index contributed by atoms with van der Waals surface area (Å²) in [4.78, 5) is 11.1. The molecule has 0 saturated heterocycles. The van der Waals surface area contributed by atoms with Gasteiger partial charge in [0.05, 0.1) is 11.3 Å². The lowest BCUT2D eigenvalue weighted by molar-refractivity contribution is 0.0697. The van der Waals surface area contributed by atoms with Crippen LogP contribution in [-0.2, 0) is 7.05 Å². The van der Waals surface area contributed by atoms with Crippen molar-refractivity contribution in [3.63, 3.8) is 0 Å². The van der Waals surface area contributed by atoms with Gasteiger partial charge in [-0.15, -0.1) is 0 Å². The van der Waals surface area contributed by atoms with Gasteiger partial charge in [-0.3, -0.25) is 4.68 Å². The molecule has 4 nitrogen and oxygen atoms in total. The first-order chi connectivity index (χ1) is 8.40. The first-order valence-electron chi connectivity index (χ1n) is 5.44. The van der Waals surface area contributed by atoms with Gasteiger partial charge in [0.15, 0.2) is 0 Å². The lowest BCUT2D eigenvalue weighted by Gasteiger charge is -2.05. The molecule has 0 fully saturated rings. The highest BCUT2D eigenvalue weighted by Crippen LogP contribution is 2.30. The van der Waals surface area contributed by atoms with Crippen LogP contribution in [0, 0.1) is 13.8 Å². The fourth-order valence-electron chi connectivity index (χ4n) is 2.05. The maximum absolute atomic E-state index is 11.1. The first-order valence-corrected chi connectivity index (χ1v) is 6.24. The number of benzene rings is 1. The topological polar surface area (TPSA) is 55.1 Å². The molecule has 0 unspecified atom stereocenters. The second-order valence-electron chi connectivity index (χ2n) is 4.20. The normalized spacial score (nSPS) is 10.7. The number of rotatable bonds is 2. The Balaban J connectivity index is 2.67.